The largest absolute Gasteiger partial charge is 0.478 e. The summed E-state index contributed by atoms with van der Waals surface area (Å²) in [5.74, 6) is -1.31. The van der Waals surface area contributed by atoms with Crippen LogP contribution in [-0.2, 0) is 10.0 Å². The monoisotopic (exact) mass is 402 g/mol. The molecule has 0 fully saturated rings. The molecule has 0 amide bonds. The number of carbonyl (C=O) groups is 1. The highest BCUT2D eigenvalue weighted by atomic mass is 35.5. The number of hydrogen-bond acceptors (Lipinski definition) is 4. The first-order valence-electron chi connectivity index (χ1n) is 7.84. The average Bonchev–Trinajstić information content (AvgIpc) is 2.67. The maximum Gasteiger partial charge on any atom is 0.337 e. The van der Waals surface area contributed by atoms with Gasteiger partial charge in [-0.05, 0) is 42.5 Å². The molecule has 0 spiro atoms. The molecule has 0 saturated carbocycles. The van der Waals surface area contributed by atoms with E-state index < -0.39 is 16.0 Å². The maximum absolute atomic E-state index is 13.3. The van der Waals surface area contributed by atoms with E-state index in [0.29, 0.717) is 11.4 Å². The van der Waals surface area contributed by atoms with Crippen LogP contribution < -0.4 is 9.84 Å². The van der Waals surface area contributed by atoms with Gasteiger partial charge in [0.05, 0.1) is 26.9 Å². The zero-order chi connectivity index (χ0) is 19.4. The average molecular weight is 403 g/mol. The van der Waals surface area contributed by atoms with E-state index in [0.717, 1.165) is 10.5 Å². The Labute approximate surface area is 161 Å². The summed E-state index contributed by atoms with van der Waals surface area (Å²) < 4.78 is 27.5. The van der Waals surface area contributed by atoms with E-state index in [1.54, 1.807) is 54.6 Å². The number of rotatable bonds is 6. The van der Waals surface area contributed by atoms with Gasteiger partial charge in [-0.1, -0.05) is 48.0 Å². The molecule has 3 rings (SSSR count). The number of carboxylic acids is 1. The van der Waals surface area contributed by atoms with Gasteiger partial charge in [0, 0.05) is 0 Å². The van der Waals surface area contributed by atoms with Crippen molar-refractivity contribution in [2.45, 2.75) is 4.90 Å². The summed E-state index contributed by atoms with van der Waals surface area (Å²) >= 11 is 5.86. The first kappa shape index (κ1) is 18.8. The normalized spacial score (nSPS) is 11.0. The van der Waals surface area contributed by atoms with Crippen LogP contribution in [0.3, 0.4) is 0 Å². The molecule has 0 saturated heterocycles. The summed E-state index contributed by atoms with van der Waals surface area (Å²) in [5, 5.41) is 9.20. The second-order valence-corrected chi connectivity index (χ2v) is 7.72. The summed E-state index contributed by atoms with van der Waals surface area (Å²) in [5.41, 5.74) is 3.50. The second-order valence-electron chi connectivity index (χ2n) is 5.53. The minimum Gasteiger partial charge on any atom is -0.478 e. The summed E-state index contributed by atoms with van der Waals surface area (Å²) in [6, 6.07) is 20.8. The molecule has 27 heavy (non-hydrogen) atoms. The molecular formula is C19H15ClN2O4S. The Kier molecular flexibility index (Phi) is 5.34. The number of nitrogens with one attached hydrogen (secondary N) is 1. The SMILES string of the molecule is O=C(O)c1cc(S(=O)(=O)N(Nc2ccccc2)c2ccccc2)ccc1Cl. The number of anilines is 2. The molecule has 0 aliphatic heterocycles. The minimum absolute atomic E-state index is 0.0382. The summed E-state index contributed by atoms with van der Waals surface area (Å²) in [7, 11) is -4.12. The molecule has 138 valence electrons. The number of para-hydroxylation sites is 2. The van der Waals surface area contributed by atoms with Gasteiger partial charge in [-0.3, -0.25) is 5.43 Å². The van der Waals surface area contributed by atoms with Crippen molar-refractivity contribution in [2.24, 2.45) is 0 Å². The predicted octanol–water partition coefficient (Wildman–Crippen LogP) is 4.26. The van der Waals surface area contributed by atoms with Gasteiger partial charge in [0.2, 0.25) is 0 Å². The summed E-state index contributed by atoms with van der Waals surface area (Å²) in [6.07, 6.45) is 0. The van der Waals surface area contributed by atoms with E-state index in [1.807, 2.05) is 6.07 Å². The first-order valence-corrected chi connectivity index (χ1v) is 9.66. The number of sulfonamides is 1. The van der Waals surface area contributed by atoms with Crippen molar-refractivity contribution < 1.29 is 18.3 Å². The van der Waals surface area contributed by atoms with Gasteiger partial charge in [0.1, 0.15) is 0 Å². The minimum atomic E-state index is -4.12. The highest BCUT2D eigenvalue weighted by Gasteiger charge is 2.27. The van der Waals surface area contributed by atoms with Crippen LogP contribution in [0.1, 0.15) is 10.4 Å². The number of benzene rings is 3. The number of hydrogen-bond donors (Lipinski definition) is 2. The topological polar surface area (TPSA) is 86.7 Å². The summed E-state index contributed by atoms with van der Waals surface area (Å²) in [6.45, 7) is 0. The number of nitrogens with zero attached hydrogens (tertiary/aromatic N) is 1. The van der Waals surface area contributed by atoms with E-state index in [1.165, 1.54) is 12.1 Å². The van der Waals surface area contributed by atoms with Crippen molar-refractivity contribution in [3.05, 3.63) is 89.4 Å². The Morgan fingerprint density at radius 1 is 0.926 bits per heavy atom. The van der Waals surface area contributed by atoms with Crippen LogP contribution in [0.25, 0.3) is 0 Å². The maximum atomic E-state index is 13.3. The lowest BCUT2D eigenvalue weighted by atomic mass is 10.2. The molecule has 3 aromatic carbocycles. The van der Waals surface area contributed by atoms with Crippen LogP contribution in [0.5, 0.6) is 0 Å². The third kappa shape index (κ3) is 4.05. The van der Waals surface area contributed by atoms with Gasteiger partial charge in [0.25, 0.3) is 10.0 Å². The molecule has 0 atom stereocenters. The van der Waals surface area contributed by atoms with Crippen molar-refractivity contribution in [3.63, 3.8) is 0 Å². The summed E-state index contributed by atoms with van der Waals surface area (Å²) in [4.78, 5) is 11.1. The molecular weight excluding hydrogens is 388 g/mol. The van der Waals surface area contributed by atoms with Crippen LogP contribution in [0.2, 0.25) is 5.02 Å². The van der Waals surface area contributed by atoms with E-state index in [9.17, 15) is 18.3 Å². The standard InChI is InChI=1S/C19H15ClN2O4S/c20-18-12-11-16(13-17(18)19(23)24)27(25,26)22(15-9-5-2-6-10-15)21-14-7-3-1-4-8-14/h1-13,21H,(H,23,24). The number of aromatic carboxylic acids is 1. The van der Waals surface area contributed by atoms with Crippen molar-refractivity contribution in [3.8, 4) is 0 Å². The smallest absolute Gasteiger partial charge is 0.337 e. The zero-order valence-electron chi connectivity index (χ0n) is 13.9. The molecule has 0 bridgehead atoms. The van der Waals surface area contributed by atoms with Crippen LogP contribution in [0.15, 0.2) is 83.8 Å². The molecule has 6 nitrogen and oxygen atoms in total. The fraction of sp³-hybridized carbons (Fsp3) is 0. The van der Waals surface area contributed by atoms with E-state index in [4.69, 9.17) is 11.6 Å². The Hall–Kier alpha value is -3.03. The lowest BCUT2D eigenvalue weighted by molar-refractivity contribution is 0.0697. The van der Waals surface area contributed by atoms with Gasteiger partial charge in [-0.2, -0.15) is 12.8 Å². The molecule has 0 heterocycles. The second kappa shape index (κ2) is 7.69. The highest BCUT2D eigenvalue weighted by molar-refractivity contribution is 7.92. The lowest BCUT2D eigenvalue weighted by Crippen LogP contribution is -2.36. The Morgan fingerprint density at radius 2 is 1.52 bits per heavy atom. The fourth-order valence-electron chi connectivity index (χ4n) is 2.39. The zero-order valence-corrected chi connectivity index (χ0v) is 15.5. The lowest BCUT2D eigenvalue weighted by Gasteiger charge is -2.26. The van der Waals surface area contributed by atoms with Gasteiger partial charge in [0.15, 0.2) is 0 Å². The fourth-order valence-corrected chi connectivity index (χ4v) is 3.93. The molecule has 3 aromatic rings. The number of carboxylic acid groups (broad SMARTS) is 1. The van der Waals surface area contributed by atoms with Crippen molar-refractivity contribution in [2.75, 3.05) is 9.84 Å². The Bertz CT molecular complexity index is 1060. The van der Waals surface area contributed by atoms with Crippen molar-refractivity contribution in [1.29, 1.82) is 0 Å². The van der Waals surface area contributed by atoms with Gasteiger partial charge in [-0.25, -0.2) is 4.79 Å². The van der Waals surface area contributed by atoms with Gasteiger partial charge in [-0.15, -0.1) is 0 Å². The Morgan fingerprint density at radius 3 is 2.11 bits per heavy atom. The molecule has 2 N–H and O–H groups in total. The van der Waals surface area contributed by atoms with Gasteiger partial charge >= 0.3 is 5.97 Å². The molecule has 0 aliphatic rings. The molecule has 0 radical (unpaired) electrons. The van der Waals surface area contributed by atoms with Crippen molar-refractivity contribution >= 4 is 39.0 Å². The number of hydrazine groups is 1. The van der Waals surface area contributed by atoms with Crippen LogP contribution in [0, 0.1) is 0 Å². The number of halogens is 1. The molecule has 0 unspecified atom stereocenters. The predicted molar refractivity (Wildman–Crippen MR) is 105 cm³/mol. The molecule has 0 aromatic heterocycles. The van der Waals surface area contributed by atoms with E-state index in [2.05, 4.69) is 5.43 Å². The van der Waals surface area contributed by atoms with Gasteiger partial charge < -0.3 is 5.11 Å². The molecule has 0 aliphatic carbocycles. The molecule has 8 heteroatoms. The van der Waals surface area contributed by atoms with Crippen LogP contribution in [-0.4, -0.2) is 19.5 Å². The van der Waals surface area contributed by atoms with Crippen molar-refractivity contribution in [1.82, 2.24) is 0 Å². The van der Waals surface area contributed by atoms with E-state index >= 15 is 0 Å². The van der Waals surface area contributed by atoms with E-state index in [-0.39, 0.29) is 15.5 Å². The third-order valence-corrected chi connectivity index (χ3v) is 5.66. The van der Waals surface area contributed by atoms with Crippen LogP contribution in [0.4, 0.5) is 11.4 Å². The van der Waals surface area contributed by atoms with Crippen LogP contribution >= 0.6 is 11.6 Å². The first-order chi connectivity index (χ1) is 12.9. The third-order valence-electron chi connectivity index (χ3n) is 3.70. The quantitative estimate of drug-likeness (QED) is 0.601. The Balaban J connectivity index is 2.10. The highest BCUT2D eigenvalue weighted by Crippen LogP contribution is 2.27.